The van der Waals surface area contributed by atoms with Gasteiger partial charge in [-0.3, -0.25) is 4.79 Å². The highest BCUT2D eigenvalue weighted by Gasteiger charge is 2.41. The Labute approximate surface area is 184 Å². The van der Waals surface area contributed by atoms with E-state index in [0.717, 1.165) is 26.9 Å². The molecule has 4 nitrogen and oxygen atoms in total. The van der Waals surface area contributed by atoms with E-state index < -0.39 is 0 Å². The van der Waals surface area contributed by atoms with E-state index in [9.17, 15) is 9.90 Å². The Morgan fingerprint density at radius 1 is 0.967 bits per heavy atom. The van der Waals surface area contributed by atoms with E-state index in [0.29, 0.717) is 18.5 Å². The number of ether oxygens (including phenoxy) is 1. The highest BCUT2D eigenvalue weighted by atomic mass is 79.9. The third-order valence-electron chi connectivity index (χ3n) is 5.39. The number of carbonyl (C=O) groups excluding carboxylic acids is 1. The molecule has 1 N–H and O–H groups in total. The molecule has 1 heterocycles. The first-order chi connectivity index (χ1) is 14.6. The second-order valence-electron chi connectivity index (χ2n) is 7.15. The fourth-order valence-electron chi connectivity index (χ4n) is 3.86. The average Bonchev–Trinajstić information content (AvgIpc) is 3.03. The maximum absolute atomic E-state index is 13.1. The lowest BCUT2D eigenvalue weighted by Crippen LogP contribution is -2.32. The van der Waals surface area contributed by atoms with Gasteiger partial charge in [0, 0.05) is 16.6 Å². The van der Waals surface area contributed by atoms with Gasteiger partial charge >= 0.3 is 0 Å². The predicted molar refractivity (Wildman–Crippen MR) is 121 cm³/mol. The van der Waals surface area contributed by atoms with Gasteiger partial charge in [0.15, 0.2) is 5.76 Å². The summed E-state index contributed by atoms with van der Waals surface area (Å²) in [5.41, 5.74) is 3.49. The Kier molecular flexibility index (Phi) is 5.91. The van der Waals surface area contributed by atoms with Gasteiger partial charge in [0.05, 0.1) is 13.2 Å². The monoisotopic (exact) mass is 463 g/mol. The summed E-state index contributed by atoms with van der Waals surface area (Å²) in [5.74, 6) is 0.174. The summed E-state index contributed by atoms with van der Waals surface area (Å²) in [7, 11) is 1.61. The van der Waals surface area contributed by atoms with Crippen LogP contribution in [0.5, 0.6) is 5.75 Å². The van der Waals surface area contributed by atoms with Crippen molar-refractivity contribution in [3.8, 4) is 5.75 Å². The minimum absolute atomic E-state index is 0.200. The van der Waals surface area contributed by atoms with Crippen LogP contribution in [0.4, 0.5) is 0 Å². The van der Waals surface area contributed by atoms with Gasteiger partial charge in [0.2, 0.25) is 0 Å². The summed E-state index contributed by atoms with van der Waals surface area (Å²) in [6, 6.07) is 24.9. The lowest BCUT2D eigenvalue weighted by atomic mass is 9.93. The van der Waals surface area contributed by atoms with Gasteiger partial charge in [-0.2, -0.15) is 0 Å². The van der Waals surface area contributed by atoms with Crippen molar-refractivity contribution in [2.24, 2.45) is 0 Å². The minimum atomic E-state index is -0.384. The molecule has 3 aromatic carbocycles. The summed E-state index contributed by atoms with van der Waals surface area (Å²) >= 11 is 3.63. The number of hydrogen-bond donors (Lipinski definition) is 1. The van der Waals surface area contributed by atoms with Crippen molar-refractivity contribution in [3.63, 3.8) is 0 Å². The van der Waals surface area contributed by atoms with Gasteiger partial charge in [0.1, 0.15) is 5.75 Å². The molecule has 0 bridgehead atoms. The van der Waals surface area contributed by atoms with Crippen LogP contribution in [0.25, 0.3) is 5.57 Å². The average molecular weight is 464 g/mol. The van der Waals surface area contributed by atoms with Gasteiger partial charge in [0.25, 0.3) is 5.91 Å². The molecular weight excluding hydrogens is 442 g/mol. The second kappa shape index (κ2) is 8.76. The number of halogens is 1. The molecule has 0 fully saturated rings. The Bertz CT molecular complexity index is 1080. The Balaban J connectivity index is 1.75. The van der Waals surface area contributed by atoms with E-state index in [-0.39, 0.29) is 17.7 Å². The highest BCUT2D eigenvalue weighted by Crippen LogP contribution is 2.45. The molecule has 152 valence electrons. The van der Waals surface area contributed by atoms with E-state index in [2.05, 4.69) is 15.9 Å². The lowest BCUT2D eigenvalue weighted by Gasteiger charge is -2.28. The largest absolute Gasteiger partial charge is 0.503 e. The molecule has 3 aromatic rings. The van der Waals surface area contributed by atoms with Crippen molar-refractivity contribution in [3.05, 3.63) is 106 Å². The van der Waals surface area contributed by atoms with Crippen molar-refractivity contribution in [2.75, 3.05) is 13.7 Å². The Morgan fingerprint density at radius 3 is 2.30 bits per heavy atom. The van der Waals surface area contributed by atoms with Crippen LogP contribution in [0.1, 0.15) is 22.7 Å². The molecule has 4 rings (SSSR count). The fraction of sp³-hybridized carbons (Fsp3) is 0.160. The number of aliphatic hydroxyl groups excluding tert-OH is 1. The molecule has 0 saturated heterocycles. The molecule has 30 heavy (non-hydrogen) atoms. The molecule has 0 spiro atoms. The Hall–Kier alpha value is -3.05. The van der Waals surface area contributed by atoms with Crippen LogP contribution in [-0.2, 0) is 11.2 Å². The second-order valence-corrected chi connectivity index (χ2v) is 8.00. The van der Waals surface area contributed by atoms with E-state index in [1.54, 1.807) is 12.0 Å². The molecule has 0 saturated carbocycles. The summed E-state index contributed by atoms with van der Waals surface area (Å²) in [4.78, 5) is 14.9. The molecule has 1 amide bonds. The number of rotatable bonds is 6. The molecule has 1 aliphatic rings. The van der Waals surface area contributed by atoms with E-state index in [4.69, 9.17) is 4.74 Å². The van der Waals surface area contributed by atoms with Crippen molar-refractivity contribution < 1.29 is 14.6 Å². The number of nitrogens with zero attached hydrogens (tertiary/aromatic N) is 1. The van der Waals surface area contributed by atoms with Crippen LogP contribution in [-0.4, -0.2) is 29.6 Å². The molecule has 1 aliphatic heterocycles. The number of hydrogen-bond acceptors (Lipinski definition) is 3. The summed E-state index contributed by atoms with van der Waals surface area (Å²) in [6.45, 7) is 0.499. The summed E-state index contributed by atoms with van der Waals surface area (Å²) < 4.78 is 6.15. The van der Waals surface area contributed by atoms with Crippen molar-refractivity contribution in [1.82, 2.24) is 4.90 Å². The van der Waals surface area contributed by atoms with E-state index in [1.807, 2.05) is 78.9 Å². The van der Waals surface area contributed by atoms with Crippen molar-refractivity contribution in [1.29, 1.82) is 0 Å². The quantitative estimate of drug-likeness (QED) is 0.520. The molecule has 0 radical (unpaired) electrons. The van der Waals surface area contributed by atoms with Crippen molar-refractivity contribution in [2.45, 2.75) is 12.5 Å². The number of amides is 1. The first-order valence-electron chi connectivity index (χ1n) is 9.77. The third-order valence-corrected chi connectivity index (χ3v) is 6.11. The number of benzene rings is 3. The predicted octanol–water partition coefficient (Wildman–Crippen LogP) is 5.55. The highest BCUT2D eigenvalue weighted by molar-refractivity contribution is 9.10. The first-order valence-corrected chi connectivity index (χ1v) is 10.6. The standard InChI is InChI=1S/C25H22BrNO3/c1-30-19-13-11-18(12-14-19)22-23(20-9-5-6-10-21(20)26)27(25(29)24(22)28)16-15-17-7-3-2-4-8-17/h2-14,23,28H,15-16H2,1H3/t23-/m1/s1. The minimum Gasteiger partial charge on any atom is -0.503 e. The normalized spacial score (nSPS) is 16.3. The molecule has 5 heteroatoms. The topological polar surface area (TPSA) is 49.8 Å². The van der Waals surface area contributed by atoms with Crippen LogP contribution in [0, 0.1) is 0 Å². The maximum Gasteiger partial charge on any atom is 0.289 e. The summed E-state index contributed by atoms with van der Waals surface area (Å²) in [6.07, 6.45) is 0.705. The smallest absolute Gasteiger partial charge is 0.289 e. The van der Waals surface area contributed by atoms with Gasteiger partial charge in [-0.25, -0.2) is 0 Å². The molecule has 1 atom stereocenters. The first kappa shape index (κ1) is 20.2. The SMILES string of the molecule is COc1ccc(C2=C(O)C(=O)N(CCc3ccccc3)[C@@H]2c2ccccc2Br)cc1. The van der Waals surface area contributed by atoms with Gasteiger partial charge < -0.3 is 14.7 Å². The van der Waals surface area contributed by atoms with Gasteiger partial charge in [-0.1, -0.05) is 76.6 Å². The lowest BCUT2D eigenvalue weighted by molar-refractivity contribution is -0.129. The van der Waals surface area contributed by atoms with Crippen LogP contribution >= 0.6 is 15.9 Å². The van der Waals surface area contributed by atoms with Crippen LogP contribution in [0.15, 0.2) is 89.1 Å². The zero-order chi connectivity index (χ0) is 21.1. The van der Waals surface area contributed by atoms with Crippen LogP contribution < -0.4 is 4.74 Å². The third kappa shape index (κ3) is 3.85. The zero-order valence-electron chi connectivity index (χ0n) is 16.6. The molecular formula is C25H22BrNO3. The van der Waals surface area contributed by atoms with Crippen LogP contribution in [0.2, 0.25) is 0 Å². The number of aliphatic hydroxyl groups is 1. The summed E-state index contributed by atoms with van der Waals surface area (Å²) in [5, 5.41) is 10.9. The molecule has 0 aliphatic carbocycles. The van der Waals surface area contributed by atoms with Gasteiger partial charge in [-0.15, -0.1) is 0 Å². The molecule has 0 unspecified atom stereocenters. The van der Waals surface area contributed by atoms with E-state index in [1.165, 1.54) is 0 Å². The zero-order valence-corrected chi connectivity index (χ0v) is 18.2. The van der Waals surface area contributed by atoms with Gasteiger partial charge in [-0.05, 0) is 41.3 Å². The van der Waals surface area contributed by atoms with Crippen molar-refractivity contribution >= 4 is 27.4 Å². The number of methoxy groups -OCH3 is 1. The van der Waals surface area contributed by atoms with E-state index >= 15 is 0 Å². The van der Waals surface area contributed by atoms with Crippen LogP contribution in [0.3, 0.4) is 0 Å². The molecule has 0 aromatic heterocycles. The maximum atomic E-state index is 13.1. The fourth-order valence-corrected chi connectivity index (χ4v) is 4.37. The Morgan fingerprint density at radius 2 is 1.63 bits per heavy atom. The number of carbonyl (C=O) groups is 1.